The number of amides is 3. The number of aryl methyl sites for hydroxylation is 1. The van der Waals surface area contributed by atoms with Crippen molar-refractivity contribution < 1.29 is 18.8 Å². The number of benzene rings is 2. The molecule has 0 bridgehead atoms. The molecule has 16 nitrogen and oxygen atoms in total. The topological polar surface area (TPSA) is 157 Å². The van der Waals surface area contributed by atoms with Gasteiger partial charge in [-0.1, -0.05) is 12.1 Å². The number of hydrogen-bond donors (Lipinski definition) is 3. The van der Waals surface area contributed by atoms with Crippen molar-refractivity contribution in [1.29, 1.82) is 0 Å². The van der Waals surface area contributed by atoms with Crippen molar-refractivity contribution in [2.45, 2.75) is 63.3 Å². The third-order valence-corrected chi connectivity index (χ3v) is 13.3. The van der Waals surface area contributed by atoms with E-state index in [-0.39, 0.29) is 29.6 Å². The average molecular weight is 819 g/mol. The summed E-state index contributed by atoms with van der Waals surface area (Å²) in [6.45, 7) is 8.68. The highest BCUT2D eigenvalue weighted by Gasteiger charge is 2.39. The van der Waals surface area contributed by atoms with Crippen LogP contribution in [0.5, 0.6) is 0 Å². The van der Waals surface area contributed by atoms with Gasteiger partial charge in [0.1, 0.15) is 12.2 Å². The van der Waals surface area contributed by atoms with Crippen LogP contribution in [0.1, 0.15) is 59.8 Å². The lowest BCUT2D eigenvalue weighted by molar-refractivity contribution is -0.135. The molecule has 5 aliphatic rings. The molecule has 17 heteroatoms. The van der Waals surface area contributed by atoms with E-state index in [1.807, 2.05) is 25.2 Å². The number of carbonyl (C=O) groups excluding carboxylic acids is 3. The number of rotatable bonds is 10. The maximum atomic E-state index is 13.6. The summed E-state index contributed by atoms with van der Waals surface area (Å²) < 4.78 is 18.3. The molecule has 10 rings (SSSR count). The molecule has 1 unspecified atom stereocenters. The summed E-state index contributed by atoms with van der Waals surface area (Å²) >= 11 is 0. The smallest absolute Gasteiger partial charge is 0.329 e. The van der Waals surface area contributed by atoms with Gasteiger partial charge in [-0.05, 0) is 80.1 Å². The minimum atomic E-state index is -0.993. The zero-order valence-corrected chi connectivity index (χ0v) is 34.1. The Morgan fingerprint density at radius 2 is 1.73 bits per heavy atom. The number of hydrogen-bond acceptors (Lipinski definition) is 11. The van der Waals surface area contributed by atoms with E-state index < -0.39 is 24.2 Å². The van der Waals surface area contributed by atoms with Gasteiger partial charge in [-0.3, -0.25) is 38.6 Å². The van der Waals surface area contributed by atoms with Gasteiger partial charge in [-0.25, -0.2) is 18.7 Å². The number of piperazine rings is 1. The molecule has 0 radical (unpaired) electrons. The van der Waals surface area contributed by atoms with Crippen LogP contribution in [-0.4, -0.2) is 123 Å². The van der Waals surface area contributed by atoms with Crippen LogP contribution < -0.4 is 31.4 Å². The second kappa shape index (κ2) is 15.3. The predicted octanol–water partition coefficient (Wildman–Crippen LogP) is 2.97. The molecule has 2 aromatic carbocycles. The fourth-order valence-electron chi connectivity index (χ4n) is 9.77. The number of carbonyl (C=O) groups is 3. The van der Waals surface area contributed by atoms with Gasteiger partial charge >= 0.3 is 5.69 Å². The molecule has 3 N–H and O–H groups in total. The van der Waals surface area contributed by atoms with Gasteiger partial charge in [0, 0.05) is 90.2 Å². The van der Waals surface area contributed by atoms with Gasteiger partial charge in [-0.15, -0.1) is 5.10 Å². The molecule has 60 heavy (non-hydrogen) atoms. The van der Waals surface area contributed by atoms with Gasteiger partial charge in [0.25, 0.3) is 5.91 Å². The lowest BCUT2D eigenvalue weighted by atomic mass is 9.95. The first-order chi connectivity index (χ1) is 29.1. The first kappa shape index (κ1) is 38.4. The number of nitrogens with zero attached hydrogens (tertiary/aromatic N) is 9. The van der Waals surface area contributed by atoms with Crippen LogP contribution in [0.4, 0.5) is 27.3 Å². The second-order valence-electron chi connectivity index (χ2n) is 17.1. The molecule has 3 aromatic heterocycles. The summed E-state index contributed by atoms with van der Waals surface area (Å²) in [4.78, 5) is 64.9. The largest absolute Gasteiger partial charge is 0.385 e. The molecule has 1 aliphatic carbocycles. The van der Waals surface area contributed by atoms with Gasteiger partial charge in [-0.2, -0.15) is 0 Å². The van der Waals surface area contributed by atoms with Crippen molar-refractivity contribution in [2.75, 3.05) is 74.5 Å². The minimum absolute atomic E-state index is 0.220. The number of alkyl halides is 1. The van der Waals surface area contributed by atoms with Crippen LogP contribution in [-0.2, 0) is 29.6 Å². The Balaban J connectivity index is 0.743. The molecule has 314 valence electrons. The highest BCUT2D eigenvalue weighted by Crippen LogP contribution is 2.38. The fraction of sp³-hybridized carbons (Fsp3) is 0.488. The summed E-state index contributed by atoms with van der Waals surface area (Å²) in [6, 6.07) is 13.4. The Hall–Kier alpha value is -5.81. The van der Waals surface area contributed by atoms with Crippen molar-refractivity contribution in [3.63, 3.8) is 0 Å². The highest BCUT2D eigenvalue weighted by molar-refractivity contribution is 6.00. The van der Waals surface area contributed by atoms with Crippen molar-refractivity contribution in [3.05, 3.63) is 76.0 Å². The van der Waals surface area contributed by atoms with Crippen molar-refractivity contribution in [3.8, 4) is 0 Å². The Labute approximate surface area is 346 Å². The summed E-state index contributed by atoms with van der Waals surface area (Å²) in [6.07, 6.45) is 4.63. The van der Waals surface area contributed by atoms with E-state index in [2.05, 4.69) is 64.8 Å². The van der Waals surface area contributed by atoms with Gasteiger partial charge in [0.05, 0.1) is 29.0 Å². The van der Waals surface area contributed by atoms with Crippen LogP contribution in [0, 0.1) is 5.92 Å². The molecule has 3 saturated heterocycles. The Morgan fingerprint density at radius 3 is 2.48 bits per heavy atom. The van der Waals surface area contributed by atoms with E-state index in [9.17, 15) is 23.6 Å². The minimum Gasteiger partial charge on any atom is -0.385 e. The summed E-state index contributed by atoms with van der Waals surface area (Å²) in [5.74, 6) is 0.285. The fourth-order valence-corrected chi connectivity index (χ4v) is 9.77. The SMILES string of the molecule is CNc1cc(N2CCc3c(CN4CCC(CN5CCN(c6ccc7c(c6)n(C)c(=O)n7C6CCC(=O)NC6=O)CC5)CC4)cccc32)nn2c(C(=O)N[C@@H]3C[C@@H]3F)cnc12. The number of likely N-dealkylation sites (tertiary alicyclic amines) is 1. The normalized spacial score (nSPS) is 22.8. The molecule has 1 saturated carbocycles. The van der Waals surface area contributed by atoms with E-state index in [1.165, 1.54) is 34.7 Å². The number of halogens is 1. The molecule has 0 spiro atoms. The number of imidazole rings is 2. The van der Waals surface area contributed by atoms with Gasteiger partial charge in [0.2, 0.25) is 11.8 Å². The third-order valence-electron chi connectivity index (χ3n) is 13.3. The van der Waals surface area contributed by atoms with Crippen molar-refractivity contribution in [1.82, 2.24) is 44.2 Å². The first-order valence-corrected chi connectivity index (χ1v) is 21.3. The van der Waals surface area contributed by atoms with E-state index >= 15 is 0 Å². The quantitative estimate of drug-likeness (QED) is 0.178. The van der Waals surface area contributed by atoms with E-state index in [1.54, 1.807) is 16.1 Å². The van der Waals surface area contributed by atoms with Crippen molar-refractivity contribution >= 4 is 57.3 Å². The Morgan fingerprint density at radius 1 is 0.933 bits per heavy atom. The number of fused-ring (bicyclic) bond motifs is 3. The molecule has 4 aliphatic heterocycles. The summed E-state index contributed by atoms with van der Waals surface area (Å²) in [5.41, 5.74) is 7.72. The van der Waals surface area contributed by atoms with E-state index in [0.29, 0.717) is 29.9 Å². The number of aromatic nitrogens is 5. The number of piperidine rings is 2. The van der Waals surface area contributed by atoms with Crippen LogP contribution in [0.2, 0.25) is 0 Å². The van der Waals surface area contributed by atoms with Crippen molar-refractivity contribution in [2.24, 2.45) is 13.0 Å². The predicted molar refractivity (Wildman–Crippen MR) is 226 cm³/mol. The molecule has 5 aromatic rings. The molecular weight excluding hydrogens is 768 g/mol. The van der Waals surface area contributed by atoms with E-state index in [0.717, 1.165) is 93.7 Å². The van der Waals surface area contributed by atoms with Gasteiger partial charge in [0.15, 0.2) is 17.2 Å². The monoisotopic (exact) mass is 818 g/mol. The maximum Gasteiger partial charge on any atom is 0.329 e. The number of anilines is 4. The van der Waals surface area contributed by atoms with Crippen LogP contribution in [0.25, 0.3) is 16.7 Å². The van der Waals surface area contributed by atoms with Crippen LogP contribution in [0.3, 0.4) is 0 Å². The third kappa shape index (κ3) is 6.96. The Kier molecular flexibility index (Phi) is 9.82. The lowest BCUT2D eigenvalue weighted by Gasteiger charge is -2.39. The average Bonchev–Trinajstić information content (AvgIpc) is 3.54. The summed E-state index contributed by atoms with van der Waals surface area (Å²) in [5, 5.41) is 13.2. The zero-order valence-electron chi connectivity index (χ0n) is 34.1. The standard InChI is InChI=1S/C43H51FN12O4/c1-45-32-22-38(49-56-37(23-46-40(32)56)42(59)47-31-21-30(31)44)54-15-12-29-27(4-3-5-33(29)54)25-51-13-10-26(11-14-51)24-52-16-18-53(19-17-52)28-6-7-34-36(20-28)50(2)43(60)55(34)35-8-9-39(57)48-41(35)58/h3-7,20,22-23,26,30-31,35,45H,8-19,21,24-25H2,1-2H3,(H,47,59)(H,48,57,58)/t30-,31+,35?/m0/s1. The number of imide groups is 1. The van der Waals surface area contributed by atoms with E-state index in [4.69, 9.17) is 5.10 Å². The molecule has 3 atom stereocenters. The highest BCUT2D eigenvalue weighted by atomic mass is 19.1. The molecule has 3 amide bonds. The molecular formula is C43H51FN12O4. The molecule has 7 heterocycles. The maximum absolute atomic E-state index is 13.6. The lowest BCUT2D eigenvalue weighted by Crippen LogP contribution is -2.48. The second-order valence-corrected chi connectivity index (χ2v) is 17.1. The zero-order chi connectivity index (χ0) is 41.2. The van der Waals surface area contributed by atoms with Gasteiger partial charge < -0.3 is 20.4 Å². The van der Waals surface area contributed by atoms with Crippen LogP contribution >= 0.6 is 0 Å². The number of nitrogens with one attached hydrogen (secondary N) is 3. The molecule has 4 fully saturated rings. The first-order valence-electron chi connectivity index (χ1n) is 21.3. The summed E-state index contributed by atoms with van der Waals surface area (Å²) in [7, 11) is 3.57. The Bertz CT molecular complexity index is 2570. The van der Waals surface area contributed by atoms with Crippen LogP contribution in [0.15, 0.2) is 53.5 Å².